The second-order valence-electron chi connectivity index (χ2n) is 7.23. The number of phenols is 1. The zero-order valence-electron chi connectivity index (χ0n) is 19.5. The third-order valence-corrected chi connectivity index (χ3v) is 5.53. The maximum atomic E-state index is 10.7. The first kappa shape index (κ1) is 25.5. The van der Waals surface area contributed by atoms with Gasteiger partial charge in [-0.15, -0.1) is 0 Å². The highest BCUT2D eigenvalue weighted by molar-refractivity contribution is 5.50. The molecule has 5 nitrogen and oxygen atoms in total. The van der Waals surface area contributed by atoms with Crippen molar-refractivity contribution in [1.29, 1.82) is 0 Å². The zero-order valence-corrected chi connectivity index (χ0v) is 19.5. The van der Waals surface area contributed by atoms with Crippen molar-refractivity contribution in [1.82, 2.24) is 4.90 Å². The van der Waals surface area contributed by atoms with Crippen LogP contribution in [0.3, 0.4) is 0 Å². The lowest BCUT2D eigenvalue weighted by Crippen LogP contribution is -2.35. The number of aromatic hydroxyl groups is 1. The van der Waals surface area contributed by atoms with Crippen LogP contribution in [0.1, 0.15) is 58.1 Å². The molecule has 2 unspecified atom stereocenters. The molecule has 1 N–H and O–H groups in total. The molecule has 0 radical (unpaired) electrons. The molecule has 1 aliphatic carbocycles. The molecule has 1 aliphatic rings. The third kappa shape index (κ3) is 7.02. The van der Waals surface area contributed by atoms with E-state index in [9.17, 15) is 5.11 Å². The summed E-state index contributed by atoms with van der Waals surface area (Å²) in [4.78, 5) is 2.24. The van der Waals surface area contributed by atoms with Gasteiger partial charge in [-0.05, 0) is 63.4 Å². The minimum Gasteiger partial charge on any atom is -0.504 e. The molecule has 29 heavy (non-hydrogen) atoms. The summed E-state index contributed by atoms with van der Waals surface area (Å²) in [6.07, 6.45) is 7.93. The van der Waals surface area contributed by atoms with Crippen molar-refractivity contribution in [3.8, 4) is 11.5 Å². The van der Waals surface area contributed by atoms with E-state index in [1.165, 1.54) is 0 Å². The third-order valence-electron chi connectivity index (χ3n) is 5.53. The first-order valence-electron chi connectivity index (χ1n) is 10.9. The van der Waals surface area contributed by atoms with Crippen LogP contribution in [0.4, 0.5) is 0 Å². The zero-order chi connectivity index (χ0) is 21.9. The number of benzene rings is 1. The number of phenolic OH excluding ortho intramolecular Hbond substituents is 1. The molecule has 0 heterocycles. The van der Waals surface area contributed by atoms with E-state index in [0.29, 0.717) is 18.3 Å². The van der Waals surface area contributed by atoms with E-state index in [-0.39, 0.29) is 5.75 Å². The standard InChI is InChI=1S/C22H35NO4.C2H6/c1-6-23(3)16-18-9-11-20(25-4)21(24)19(18)10-8-17-12-14-22(26-5,15-13-17)27-7-2;1-2/h9,11-12,14,17,24H,6-8,10,13,15-16H2,1-5H3;1-2H3. The molecule has 2 rings (SSSR count). The average Bonchev–Trinajstić information content (AvgIpc) is 2.76. The first-order chi connectivity index (χ1) is 14.0. The Balaban J connectivity index is 0.00000204. The summed E-state index contributed by atoms with van der Waals surface area (Å²) >= 11 is 0. The molecule has 2 atom stereocenters. The van der Waals surface area contributed by atoms with Crippen molar-refractivity contribution < 1.29 is 19.3 Å². The van der Waals surface area contributed by atoms with Crippen molar-refractivity contribution in [2.75, 3.05) is 34.4 Å². The van der Waals surface area contributed by atoms with Gasteiger partial charge in [0.2, 0.25) is 0 Å². The second kappa shape index (κ2) is 12.9. The fourth-order valence-corrected chi connectivity index (χ4v) is 3.66. The number of allylic oxidation sites excluding steroid dienone is 1. The first-order valence-corrected chi connectivity index (χ1v) is 10.9. The van der Waals surface area contributed by atoms with Gasteiger partial charge >= 0.3 is 0 Å². The van der Waals surface area contributed by atoms with E-state index < -0.39 is 5.79 Å². The lowest BCUT2D eigenvalue weighted by Gasteiger charge is -2.34. The van der Waals surface area contributed by atoms with E-state index >= 15 is 0 Å². The van der Waals surface area contributed by atoms with E-state index in [2.05, 4.69) is 37.1 Å². The van der Waals surface area contributed by atoms with Crippen LogP contribution in [-0.2, 0) is 22.4 Å². The van der Waals surface area contributed by atoms with Gasteiger partial charge in [0.05, 0.1) is 7.11 Å². The fraction of sp³-hybridized carbons (Fsp3) is 0.667. The van der Waals surface area contributed by atoms with Crippen LogP contribution < -0.4 is 4.74 Å². The van der Waals surface area contributed by atoms with Crippen LogP contribution in [0.25, 0.3) is 0 Å². The van der Waals surface area contributed by atoms with Gasteiger partial charge in [-0.3, -0.25) is 0 Å². The Morgan fingerprint density at radius 2 is 1.93 bits per heavy atom. The number of nitrogens with zero attached hydrogens (tertiary/aromatic N) is 1. The predicted molar refractivity (Wildman–Crippen MR) is 120 cm³/mol. The molecular formula is C24H41NO4. The van der Waals surface area contributed by atoms with Crippen LogP contribution in [-0.4, -0.2) is 50.2 Å². The van der Waals surface area contributed by atoms with Crippen molar-refractivity contribution >= 4 is 0 Å². The number of ether oxygens (including phenoxy) is 3. The minimum absolute atomic E-state index is 0.278. The van der Waals surface area contributed by atoms with Gasteiger partial charge in [0.1, 0.15) is 0 Å². The largest absolute Gasteiger partial charge is 0.504 e. The monoisotopic (exact) mass is 407 g/mol. The van der Waals surface area contributed by atoms with E-state index in [1.54, 1.807) is 14.2 Å². The quantitative estimate of drug-likeness (QED) is 0.429. The summed E-state index contributed by atoms with van der Waals surface area (Å²) in [7, 11) is 5.39. The molecule has 0 aliphatic heterocycles. The Bertz CT molecular complexity index is 632. The van der Waals surface area contributed by atoms with Gasteiger partial charge in [-0.2, -0.15) is 0 Å². The normalized spacial score (nSPS) is 21.0. The highest BCUT2D eigenvalue weighted by Gasteiger charge is 2.31. The molecule has 1 aromatic carbocycles. The maximum absolute atomic E-state index is 10.7. The molecule has 0 aromatic heterocycles. The number of hydrogen-bond acceptors (Lipinski definition) is 5. The molecule has 0 saturated carbocycles. The summed E-state index contributed by atoms with van der Waals surface area (Å²) in [5, 5.41) is 10.7. The number of hydrogen-bond donors (Lipinski definition) is 1. The van der Waals surface area contributed by atoms with Crippen LogP contribution in [0.15, 0.2) is 24.3 Å². The summed E-state index contributed by atoms with van der Waals surface area (Å²) in [5.41, 5.74) is 2.16. The Morgan fingerprint density at radius 3 is 2.45 bits per heavy atom. The maximum Gasteiger partial charge on any atom is 0.187 e. The molecule has 1 aromatic rings. The number of rotatable bonds is 10. The number of methoxy groups -OCH3 is 2. The topological polar surface area (TPSA) is 51.2 Å². The molecule has 0 spiro atoms. The highest BCUT2D eigenvalue weighted by atomic mass is 16.7. The average molecular weight is 408 g/mol. The summed E-state index contributed by atoms with van der Waals surface area (Å²) in [5.74, 6) is 0.705. The molecule has 0 saturated heterocycles. The molecule has 0 fully saturated rings. The van der Waals surface area contributed by atoms with Crippen LogP contribution in [0, 0.1) is 5.92 Å². The lowest BCUT2D eigenvalue weighted by atomic mass is 9.86. The Hall–Kier alpha value is -1.56. The van der Waals surface area contributed by atoms with Crippen molar-refractivity contribution in [3.63, 3.8) is 0 Å². The van der Waals surface area contributed by atoms with Gasteiger partial charge in [-0.1, -0.05) is 32.9 Å². The van der Waals surface area contributed by atoms with E-state index in [1.807, 2.05) is 26.8 Å². The highest BCUT2D eigenvalue weighted by Crippen LogP contribution is 2.36. The van der Waals surface area contributed by atoms with E-state index in [0.717, 1.165) is 49.9 Å². The smallest absolute Gasteiger partial charge is 0.187 e. The van der Waals surface area contributed by atoms with Crippen molar-refractivity contribution in [2.45, 2.75) is 65.7 Å². The Labute approximate surface area is 177 Å². The Kier molecular flexibility index (Phi) is 11.3. The van der Waals surface area contributed by atoms with Crippen LogP contribution in [0.5, 0.6) is 11.5 Å². The van der Waals surface area contributed by atoms with E-state index in [4.69, 9.17) is 14.2 Å². The van der Waals surface area contributed by atoms with Gasteiger partial charge in [-0.25, -0.2) is 0 Å². The summed E-state index contributed by atoms with van der Waals surface area (Å²) in [6.45, 7) is 10.5. The molecule has 166 valence electrons. The van der Waals surface area contributed by atoms with Crippen LogP contribution >= 0.6 is 0 Å². The second-order valence-corrected chi connectivity index (χ2v) is 7.23. The summed E-state index contributed by atoms with van der Waals surface area (Å²) in [6, 6.07) is 3.93. The molecule has 5 heteroatoms. The van der Waals surface area contributed by atoms with Crippen molar-refractivity contribution in [2.24, 2.45) is 5.92 Å². The Morgan fingerprint density at radius 1 is 1.21 bits per heavy atom. The SMILES string of the molecule is CC.CCOC1(OC)C=CC(CCc2c(CN(C)CC)ccc(OC)c2O)CC1. The minimum atomic E-state index is -0.571. The fourth-order valence-electron chi connectivity index (χ4n) is 3.66. The predicted octanol–water partition coefficient (Wildman–Crippen LogP) is 5.16. The van der Waals surface area contributed by atoms with Crippen LogP contribution in [0.2, 0.25) is 0 Å². The van der Waals surface area contributed by atoms with Gasteiger partial charge in [0, 0.05) is 32.2 Å². The van der Waals surface area contributed by atoms with Gasteiger partial charge in [0.25, 0.3) is 0 Å². The van der Waals surface area contributed by atoms with Gasteiger partial charge < -0.3 is 24.2 Å². The summed E-state index contributed by atoms with van der Waals surface area (Å²) < 4.78 is 16.7. The lowest BCUT2D eigenvalue weighted by molar-refractivity contribution is -0.193. The van der Waals surface area contributed by atoms with Gasteiger partial charge in [0.15, 0.2) is 17.3 Å². The molecular weight excluding hydrogens is 366 g/mol. The molecule has 0 bridgehead atoms. The molecule has 0 amide bonds. The van der Waals surface area contributed by atoms with Crippen molar-refractivity contribution in [3.05, 3.63) is 35.4 Å².